The van der Waals surface area contributed by atoms with Crippen LogP contribution in [0.2, 0.25) is 10.0 Å². The minimum absolute atomic E-state index is 0.173. The quantitative estimate of drug-likeness (QED) is 0.454. The number of carbonyl (C=O) groups excluding carboxylic acids is 2. The lowest BCUT2D eigenvalue weighted by atomic mass is 10.3. The van der Waals surface area contributed by atoms with E-state index >= 15 is 0 Å². The van der Waals surface area contributed by atoms with Crippen LogP contribution in [-0.4, -0.2) is 28.6 Å². The third kappa shape index (κ3) is 7.34. The van der Waals surface area contributed by atoms with Crippen LogP contribution < -0.4 is 10.6 Å². The lowest BCUT2D eigenvalue weighted by molar-refractivity contribution is -0.131. The fraction of sp³-hybridized carbons (Fsp3) is 0.0556. The first kappa shape index (κ1) is 20.8. The smallest absolute Gasteiger partial charge is 0.328 e. The monoisotopic (exact) mass is 424 g/mol. The Hall–Kier alpha value is -2.48. The summed E-state index contributed by atoms with van der Waals surface area (Å²) in [6.45, 7) is 0. The summed E-state index contributed by atoms with van der Waals surface area (Å²) in [7, 11) is 0. The minimum Gasteiger partial charge on any atom is -0.478 e. The number of rotatable bonds is 7. The van der Waals surface area contributed by atoms with Gasteiger partial charge >= 0.3 is 5.97 Å². The number of anilines is 2. The van der Waals surface area contributed by atoms with Crippen molar-refractivity contribution in [1.29, 1.82) is 0 Å². The second-order valence-electron chi connectivity index (χ2n) is 5.15. The van der Waals surface area contributed by atoms with Crippen molar-refractivity contribution in [2.75, 3.05) is 16.4 Å². The standard InChI is InChI=1S/C18H14Cl2N2O4S/c19-11-1-6-15(14(20)9-11)22-17(24)10-27-13-4-2-12(3-5-13)21-16(23)7-8-18(25)26/h1-9H,10H2,(H,21,23)(H,22,24)(H,25,26)/b8-7+. The molecule has 2 aromatic rings. The molecule has 0 fully saturated rings. The van der Waals surface area contributed by atoms with Crippen LogP contribution in [0.15, 0.2) is 59.5 Å². The third-order valence-corrected chi connectivity index (χ3v) is 4.63. The molecule has 0 unspecified atom stereocenters. The molecule has 0 atom stereocenters. The molecule has 2 rings (SSSR count). The van der Waals surface area contributed by atoms with Gasteiger partial charge in [-0.05, 0) is 42.5 Å². The SMILES string of the molecule is O=C(O)/C=C/C(=O)Nc1ccc(SCC(=O)Nc2ccc(Cl)cc2Cl)cc1. The average molecular weight is 425 g/mol. The summed E-state index contributed by atoms with van der Waals surface area (Å²) < 4.78 is 0. The number of nitrogens with one attached hydrogen (secondary N) is 2. The molecule has 0 saturated heterocycles. The highest BCUT2D eigenvalue weighted by Gasteiger charge is 2.07. The fourth-order valence-corrected chi connectivity index (χ4v) is 3.05. The van der Waals surface area contributed by atoms with Gasteiger partial charge in [-0.1, -0.05) is 23.2 Å². The van der Waals surface area contributed by atoms with Crippen LogP contribution in [0.1, 0.15) is 0 Å². The largest absolute Gasteiger partial charge is 0.478 e. The Kier molecular flexibility index (Phi) is 7.72. The van der Waals surface area contributed by atoms with Gasteiger partial charge in [0, 0.05) is 27.8 Å². The number of halogens is 2. The molecule has 0 aromatic heterocycles. The first-order valence-electron chi connectivity index (χ1n) is 7.53. The Morgan fingerprint density at radius 2 is 1.70 bits per heavy atom. The zero-order chi connectivity index (χ0) is 19.8. The first-order valence-corrected chi connectivity index (χ1v) is 9.27. The molecule has 0 saturated carbocycles. The van der Waals surface area contributed by atoms with Gasteiger partial charge in [0.2, 0.25) is 11.8 Å². The summed E-state index contributed by atoms with van der Waals surface area (Å²) in [6, 6.07) is 11.6. The molecule has 2 amide bonds. The number of amides is 2. The van der Waals surface area contributed by atoms with E-state index in [0.29, 0.717) is 21.4 Å². The summed E-state index contributed by atoms with van der Waals surface area (Å²) in [5, 5.41) is 14.6. The maximum atomic E-state index is 12.0. The molecule has 27 heavy (non-hydrogen) atoms. The highest BCUT2D eigenvalue weighted by atomic mass is 35.5. The Morgan fingerprint density at radius 3 is 2.33 bits per heavy atom. The van der Waals surface area contributed by atoms with Gasteiger partial charge in [0.25, 0.3) is 0 Å². The summed E-state index contributed by atoms with van der Waals surface area (Å²) >= 11 is 13.1. The Labute approximate surface area is 169 Å². The van der Waals surface area contributed by atoms with Gasteiger partial charge in [0.15, 0.2) is 0 Å². The van der Waals surface area contributed by atoms with Gasteiger partial charge in [-0.25, -0.2) is 4.79 Å². The molecule has 0 aliphatic rings. The van der Waals surface area contributed by atoms with Crippen molar-refractivity contribution in [1.82, 2.24) is 0 Å². The number of hydrogen-bond donors (Lipinski definition) is 3. The predicted octanol–water partition coefficient (Wildman–Crippen LogP) is 4.30. The number of benzene rings is 2. The minimum atomic E-state index is -1.20. The van der Waals surface area contributed by atoms with Gasteiger partial charge in [-0.3, -0.25) is 9.59 Å². The van der Waals surface area contributed by atoms with Crippen molar-refractivity contribution < 1.29 is 19.5 Å². The molecule has 6 nitrogen and oxygen atoms in total. The number of carboxylic acid groups (broad SMARTS) is 1. The van der Waals surface area contributed by atoms with Gasteiger partial charge in [-0.2, -0.15) is 0 Å². The Bertz CT molecular complexity index is 885. The van der Waals surface area contributed by atoms with Crippen LogP contribution in [0.3, 0.4) is 0 Å². The number of carbonyl (C=O) groups is 3. The van der Waals surface area contributed by atoms with E-state index in [1.54, 1.807) is 42.5 Å². The normalized spacial score (nSPS) is 10.6. The lowest BCUT2D eigenvalue weighted by Gasteiger charge is -2.08. The van der Waals surface area contributed by atoms with Crippen LogP contribution in [-0.2, 0) is 14.4 Å². The van der Waals surface area contributed by atoms with E-state index in [9.17, 15) is 14.4 Å². The second-order valence-corrected chi connectivity index (χ2v) is 7.04. The predicted molar refractivity (Wildman–Crippen MR) is 108 cm³/mol. The third-order valence-electron chi connectivity index (χ3n) is 3.07. The van der Waals surface area contributed by atoms with E-state index in [4.69, 9.17) is 28.3 Å². The van der Waals surface area contributed by atoms with Gasteiger partial charge in [0.05, 0.1) is 16.5 Å². The van der Waals surface area contributed by atoms with E-state index in [1.165, 1.54) is 11.8 Å². The van der Waals surface area contributed by atoms with E-state index < -0.39 is 11.9 Å². The molecule has 0 spiro atoms. The molecule has 0 radical (unpaired) electrons. The molecule has 0 heterocycles. The van der Waals surface area contributed by atoms with Gasteiger partial charge in [-0.15, -0.1) is 11.8 Å². The van der Waals surface area contributed by atoms with Gasteiger partial charge in [0.1, 0.15) is 0 Å². The van der Waals surface area contributed by atoms with E-state index in [1.807, 2.05) is 0 Å². The molecule has 140 valence electrons. The fourth-order valence-electron chi connectivity index (χ4n) is 1.89. The molecule has 2 aromatic carbocycles. The Balaban J connectivity index is 1.84. The molecule has 0 aliphatic carbocycles. The van der Waals surface area contributed by atoms with Gasteiger partial charge < -0.3 is 15.7 Å². The van der Waals surface area contributed by atoms with Crippen LogP contribution in [0.25, 0.3) is 0 Å². The molecule has 3 N–H and O–H groups in total. The van der Waals surface area contributed by atoms with E-state index in [-0.39, 0.29) is 11.7 Å². The molecular weight excluding hydrogens is 411 g/mol. The van der Waals surface area contributed by atoms with Crippen molar-refractivity contribution in [3.8, 4) is 0 Å². The average Bonchev–Trinajstić information content (AvgIpc) is 2.62. The van der Waals surface area contributed by atoms with Crippen molar-refractivity contribution in [2.24, 2.45) is 0 Å². The maximum absolute atomic E-state index is 12.0. The highest BCUT2D eigenvalue weighted by molar-refractivity contribution is 8.00. The van der Waals surface area contributed by atoms with Crippen molar-refractivity contribution in [3.63, 3.8) is 0 Å². The first-order chi connectivity index (χ1) is 12.8. The number of carboxylic acids is 1. The number of thioether (sulfide) groups is 1. The summed E-state index contributed by atoms with van der Waals surface area (Å²) in [4.78, 5) is 34.7. The zero-order valence-corrected chi connectivity index (χ0v) is 16.1. The zero-order valence-electron chi connectivity index (χ0n) is 13.7. The van der Waals surface area contributed by atoms with E-state index in [0.717, 1.165) is 17.0 Å². The van der Waals surface area contributed by atoms with Crippen LogP contribution in [0.4, 0.5) is 11.4 Å². The molecular formula is C18H14Cl2N2O4S. The highest BCUT2D eigenvalue weighted by Crippen LogP contribution is 2.26. The molecule has 9 heteroatoms. The van der Waals surface area contributed by atoms with Crippen LogP contribution >= 0.6 is 35.0 Å². The summed E-state index contributed by atoms with van der Waals surface area (Å²) in [5.41, 5.74) is 0.996. The second kappa shape index (κ2) is 10.0. The number of aliphatic carboxylic acids is 1. The van der Waals surface area contributed by atoms with Crippen LogP contribution in [0, 0.1) is 0 Å². The van der Waals surface area contributed by atoms with Crippen molar-refractivity contribution >= 4 is 64.1 Å². The van der Waals surface area contributed by atoms with Crippen molar-refractivity contribution in [2.45, 2.75) is 4.90 Å². The topological polar surface area (TPSA) is 95.5 Å². The number of hydrogen-bond acceptors (Lipinski definition) is 4. The van der Waals surface area contributed by atoms with Crippen molar-refractivity contribution in [3.05, 3.63) is 64.7 Å². The molecule has 0 bridgehead atoms. The van der Waals surface area contributed by atoms with E-state index in [2.05, 4.69) is 10.6 Å². The Morgan fingerprint density at radius 1 is 1.00 bits per heavy atom. The summed E-state index contributed by atoms with van der Waals surface area (Å²) in [6.07, 6.45) is 1.68. The lowest BCUT2D eigenvalue weighted by Crippen LogP contribution is -2.14. The summed E-state index contributed by atoms with van der Waals surface area (Å²) in [5.74, 6) is -1.79. The maximum Gasteiger partial charge on any atom is 0.328 e. The van der Waals surface area contributed by atoms with Crippen LogP contribution in [0.5, 0.6) is 0 Å². The molecule has 0 aliphatic heterocycles.